The van der Waals surface area contributed by atoms with Crippen molar-refractivity contribution in [2.24, 2.45) is 0 Å². The average molecular weight is 245 g/mol. The lowest BCUT2D eigenvalue weighted by Crippen LogP contribution is -2.20. The van der Waals surface area contributed by atoms with Gasteiger partial charge in [-0.25, -0.2) is 8.42 Å². The SMILES string of the molecule is COCCS(=O)(=O)Nc1ccccc1CO. The predicted molar refractivity (Wildman–Crippen MR) is 61.7 cm³/mol. The van der Waals surface area contributed by atoms with Crippen LogP contribution in [0.4, 0.5) is 5.69 Å². The standard InChI is InChI=1S/C10H15NO4S/c1-15-6-7-16(13,14)11-10-5-3-2-4-9(10)8-12/h2-5,11-12H,6-8H2,1H3. The van der Waals surface area contributed by atoms with Crippen molar-refractivity contribution in [1.82, 2.24) is 0 Å². The van der Waals surface area contributed by atoms with Crippen molar-refractivity contribution in [3.8, 4) is 0 Å². The summed E-state index contributed by atoms with van der Waals surface area (Å²) in [5.41, 5.74) is 0.949. The molecule has 0 aromatic heterocycles. The number of methoxy groups -OCH3 is 1. The van der Waals surface area contributed by atoms with E-state index in [1.54, 1.807) is 24.3 Å². The van der Waals surface area contributed by atoms with Crippen molar-refractivity contribution in [2.75, 3.05) is 24.2 Å². The van der Waals surface area contributed by atoms with Crippen molar-refractivity contribution in [3.05, 3.63) is 29.8 Å². The molecule has 0 bridgehead atoms. The molecule has 6 heteroatoms. The molecule has 0 radical (unpaired) electrons. The molecule has 1 aromatic carbocycles. The lowest BCUT2D eigenvalue weighted by atomic mass is 10.2. The van der Waals surface area contributed by atoms with Crippen LogP contribution in [0.5, 0.6) is 0 Å². The van der Waals surface area contributed by atoms with Crippen LogP contribution >= 0.6 is 0 Å². The number of benzene rings is 1. The van der Waals surface area contributed by atoms with E-state index in [1.807, 2.05) is 0 Å². The van der Waals surface area contributed by atoms with Crippen LogP contribution in [0.25, 0.3) is 0 Å². The minimum absolute atomic E-state index is 0.108. The Kier molecular flexibility index (Phi) is 4.72. The summed E-state index contributed by atoms with van der Waals surface area (Å²) in [5, 5.41) is 9.03. The second-order valence-electron chi connectivity index (χ2n) is 3.23. The highest BCUT2D eigenvalue weighted by Gasteiger charge is 2.11. The van der Waals surface area contributed by atoms with E-state index in [9.17, 15) is 8.42 Å². The van der Waals surface area contributed by atoms with Gasteiger partial charge in [-0.05, 0) is 6.07 Å². The lowest BCUT2D eigenvalue weighted by Gasteiger charge is -2.10. The molecule has 0 atom stereocenters. The highest BCUT2D eigenvalue weighted by Crippen LogP contribution is 2.16. The molecule has 0 aliphatic heterocycles. The number of ether oxygens (including phenoxy) is 1. The molecular formula is C10H15NO4S. The van der Waals surface area contributed by atoms with Crippen LogP contribution in [-0.2, 0) is 21.4 Å². The van der Waals surface area contributed by atoms with Crippen LogP contribution < -0.4 is 4.72 Å². The third-order valence-corrected chi connectivity index (χ3v) is 3.24. The number of aliphatic hydroxyl groups excluding tert-OH is 1. The molecule has 0 saturated carbocycles. The van der Waals surface area contributed by atoms with E-state index in [4.69, 9.17) is 9.84 Å². The maximum Gasteiger partial charge on any atom is 0.235 e. The van der Waals surface area contributed by atoms with Crippen molar-refractivity contribution < 1.29 is 18.3 Å². The summed E-state index contributed by atoms with van der Waals surface area (Å²) in [5.74, 6) is -0.108. The third kappa shape index (κ3) is 3.80. The Morgan fingerprint density at radius 1 is 1.38 bits per heavy atom. The van der Waals surface area contributed by atoms with Gasteiger partial charge in [0.05, 0.1) is 24.7 Å². The Labute approximate surface area is 95.1 Å². The van der Waals surface area contributed by atoms with Crippen molar-refractivity contribution in [1.29, 1.82) is 0 Å². The number of aliphatic hydroxyl groups is 1. The Hall–Kier alpha value is -1.11. The summed E-state index contributed by atoms with van der Waals surface area (Å²) in [6.45, 7) is -0.0698. The van der Waals surface area contributed by atoms with E-state index in [0.717, 1.165) is 0 Å². The number of nitrogens with one attached hydrogen (secondary N) is 1. The van der Waals surface area contributed by atoms with Crippen LogP contribution in [0.1, 0.15) is 5.56 Å². The smallest absolute Gasteiger partial charge is 0.235 e. The maximum atomic E-state index is 11.6. The van der Waals surface area contributed by atoms with Gasteiger partial charge in [0.15, 0.2) is 0 Å². The predicted octanol–water partition coefficient (Wildman–Crippen LogP) is 0.567. The first kappa shape index (κ1) is 13.0. The Morgan fingerprint density at radius 3 is 2.69 bits per heavy atom. The number of sulfonamides is 1. The average Bonchev–Trinajstić information content (AvgIpc) is 2.27. The molecule has 0 amide bonds. The van der Waals surface area contributed by atoms with Gasteiger partial charge in [0.1, 0.15) is 0 Å². The molecule has 16 heavy (non-hydrogen) atoms. The third-order valence-electron chi connectivity index (χ3n) is 2.01. The van der Waals surface area contributed by atoms with E-state index in [0.29, 0.717) is 11.3 Å². The molecule has 0 aliphatic rings. The van der Waals surface area contributed by atoms with Crippen molar-refractivity contribution >= 4 is 15.7 Å². The van der Waals surface area contributed by atoms with Gasteiger partial charge < -0.3 is 9.84 Å². The summed E-state index contributed by atoms with van der Waals surface area (Å²) in [7, 11) is -1.97. The fraction of sp³-hybridized carbons (Fsp3) is 0.400. The molecule has 2 N–H and O–H groups in total. The Bertz CT molecular complexity index is 430. The number of rotatable bonds is 6. The quantitative estimate of drug-likeness (QED) is 0.768. The molecular weight excluding hydrogens is 230 g/mol. The summed E-state index contributed by atoms with van der Waals surface area (Å²) in [6, 6.07) is 6.70. The number of anilines is 1. The van der Waals surface area contributed by atoms with Crippen molar-refractivity contribution in [3.63, 3.8) is 0 Å². The number of hydrogen-bond donors (Lipinski definition) is 2. The molecule has 0 heterocycles. The first-order valence-electron chi connectivity index (χ1n) is 4.77. The highest BCUT2D eigenvalue weighted by molar-refractivity contribution is 7.92. The maximum absolute atomic E-state index is 11.6. The van der Waals surface area contributed by atoms with Gasteiger partial charge in [0.25, 0.3) is 0 Å². The summed E-state index contributed by atoms with van der Waals surface area (Å²) in [6.07, 6.45) is 0. The van der Waals surface area contributed by atoms with Gasteiger partial charge in [-0.3, -0.25) is 4.72 Å². The van der Waals surface area contributed by atoms with Crippen LogP contribution in [0.15, 0.2) is 24.3 Å². The summed E-state index contributed by atoms with van der Waals surface area (Å²) < 4.78 is 30.2. The molecule has 5 nitrogen and oxygen atoms in total. The van der Waals surface area contributed by atoms with E-state index < -0.39 is 10.0 Å². The first-order valence-corrected chi connectivity index (χ1v) is 6.42. The number of hydrogen-bond acceptors (Lipinski definition) is 4. The molecule has 0 aliphatic carbocycles. The second kappa shape index (κ2) is 5.83. The highest BCUT2D eigenvalue weighted by atomic mass is 32.2. The molecule has 1 aromatic rings. The Balaban J connectivity index is 2.79. The zero-order chi connectivity index (χ0) is 12.0. The van der Waals surface area contributed by atoms with Crippen LogP contribution in [0.2, 0.25) is 0 Å². The minimum Gasteiger partial charge on any atom is -0.392 e. The van der Waals surface area contributed by atoms with Gasteiger partial charge in [0, 0.05) is 12.7 Å². The molecule has 1 rings (SSSR count). The summed E-state index contributed by atoms with van der Waals surface area (Å²) in [4.78, 5) is 0. The fourth-order valence-electron chi connectivity index (χ4n) is 1.17. The van der Waals surface area contributed by atoms with Crippen LogP contribution in [0.3, 0.4) is 0 Å². The van der Waals surface area contributed by atoms with E-state index >= 15 is 0 Å². The van der Waals surface area contributed by atoms with Gasteiger partial charge in [-0.1, -0.05) is 18.2 Å². The van der Waals surface area contributed by atoms with Gasteiger partial charge in [-0.15, -0.1) is 0 Å². The second-order valence-corrected chi connectivity index (χ2v) is 5.07. The van der Waals surface area contributed by atoms with E-state index in [2.05, 4.69) is 4.72 Å². The van der Waals surface area contributed by atoms with Crippen molar-refractivity contribution in [2.45, 2.75) is 6.61 Å². The van der Waals surface area contributed by atoms with Gasteiger partial charge >= 0.3 is 0 Å². The lowest BCUT2D eigenvalue weighted by molar-refractivity contribution is 0.217. The summed E-state index contributed by atoms with van der Waals surface area (Å²) >= 11 is 0. The van der Waals surface area contributed by atoms with Crippen LogP contribution in [0, 0.1) is 0 Å². The zero-order valence-electron chi connectivity index (χ0n) is 9.01. The molecule has 0 fully saturated rings. The molecule has 90 valence electrons. The number of para-hydroxylation sites is 1. The van der Waals surface area contributed by atoms with Gasteiger partial charge in [-0.2, -0.15) is 0 Å². The topological polar surface area (TPSA) is 75.6 Å². The first-order chi connectivity index (χ1) is 7.59. The monoisotopic (exact) mass is 245 g/mol. The molecule has 0 spiro atoms. The van der Waals surface area contributed by atoms with Crippen LogP contribution in [-0.4, -0.2) is 33.0 Å². The molecule has 0 saturated heterocycles. The normalized spacial score (nSPS) is 11.4. The Morgan fingerprint density at radius 2 is 2.06 bits per heavy atom. The van der Waals surface area contributed by atoms with E-state index in [-0.39, 0.29) is 19.0 Å². The fourth-order valence-corrected chi connectivity index (χ4v) is 2.19. The molecule has 0 unspecified atom stereocenters. The van der Waals surface area contributed by atoms with E-state index in [1.165, 1.54) is 7.11 Å². The zero-order valence-corrected chi connectivity index (χ0v) is 9.83. The minimum atomic E-state index is -3.42. The van der Waals surface area contributed by atoms with Gasteiger partial charge in [0.2, 0.25) is 10.0 Å². The largest absolute Gasteiger partial charge is 0.392 e.